The van der Waals surface area contributed by atoms with Crippen molar-refractivity contribution in [3.63, 3.8) is 0 Å². The van der Waals surface area contributed by atoms with E-state index < -0.39 is 0 Å². The predicted octanol–water partition coefficient (Wildman–Crippen LogP) is 4.09. The summed E-state index contributed by atoms with van der Waals surface area (Å²) in [7, 11) is 3.90. The Morgan fingerprint density at radius 3 is 2.42 bits per heavy atom. The lowest BCUT2D eigenvalue weighted by atomic mass is 9.89. The summed E-state index contributed by atoms with van der Waals surface area (Å²) in [4.78, 5) is 20.0. The Balaban J connectivity index is 1.09. The summed E-state index contributed by atoms with van der Waals surface area (Å²) in [5, 5.41) is 3.15. The maximum Gasteiger partial charge on any atom is 0.238 e. The third-order valence-corrected chi connectivity index (χ3v) is 8.07. The Kier molecular flexibility index (Phi) is 8.05. The lowest BCUT2D eigenvalue weighted by Gasteiger charge is -2.33. The molecular formula is C30H40N4O2. The van der Waals surface area contributed by atoms with Gasteiger partial charge in [-0.25, -0.2) is 0 Å². The van der Waals surface area contributed by atoms with Crippen LogP contribution in [0.5, 0.6) is 5.75 Å². The number of hydrogen-bond donors (Lipinski definition) is 1. The molecule has 0 aromatic heterocycles. The van der Waals surface area contributed by atoms with Crippen LogP contribution in [0.15, 0.2) is 48.0 Å². The van der Waals surface area contributed by atoms with E-state index in [4.69, 9.17) is 4.74 Å². The second kappa shape index (κ2) is 11.6. The third kappa shape index (κ3) is 6.36. The number of fused-ring (bicyclic) bond motifs is 1. The molecule has 1 aliphatic carbocycles. The van der Waals surface area contributed by atoms with Gasteiger partial charge in [-0.1, -0.05) is 29.8 Å². The van der Waals surface area contributed by atoms with Crippen LogP contribution in [0.25, 0.3) is 6.08 Å². The molecule has 3 aliphatic rings. The van der Waals surface area contributed by atoms with Gasteiger partial charge in [0.1, 0.15) is 5.75 Å². The lowest BCUT2D eigenvalue weighted by Crippen LogP contribution is -2.45. The van der Waals surface area contributed by atoms with Crippen LogP contribution in [0.1, 0.15) is 41.9 Å². The molecule has 0 saturated carbocycles. The Labute approximate surface area is 215 Å². The maximum atomic E-state index is 12.8. The van der Waals surface area contributed by atoms with Crippen molar-refractivity contribution in [3.05, 3.63) is 64.7 Å². The first-order chi connectivity index (χ1) is 17.6. The Morgan fingerprint density at radius 2 is 1.69 bits per heavy atom. The first-order valence-corrected chi connectivity index (χ1v) is 13.4. The molecule has 5 rings (SSSR count). The summed E-state index contributed by atoms with van der Waals surface area (Å²) >= 11 is 0. The minimum Gasteiger partial charge on any atom is -0.497 e. The molecule has 2 fully saturated rings. The summed E-state index contributed by atoms with van der Waals surface area (Å²) in [5.41, 5.74) is 6.47. The van der Waals surface area contributed by atoms with Gasteiger partial charge in [0.25, 0.3) is 0 Å². The van der Waals surface area contributed by atoms with Crippen LogP contribution in [0, 0.1) is 0 Å². The summed E-state index contributed by atoms with van der Waals surface area (Å²) in [5.74, 6) is 1.54. The van der Waals surface area contributed by atoms with E-state index in [1.165, 1.54) is 22.3 Å². The fourth-order valence-electron chi connectivity index (χ4n) is 5.75. The van der Waals surface area contributed by atoms with Gasteiger partial charge < -0.3 is 15.0 Å². The number of hydrogen-bond acceptors (Lipinski definition) is 5. The number of aryl methyl sites for hydroxylation is 1. The van der Waals surface area contributed by atoms with E-state index in [-0.39, 0.29) is 5.91 Å². The van der Waals surface area contributed by atoms with Crippen molar-refractivity contribution >= 4 is 17.7 Å². The molecule has 2 aromatic rings. The number of carbonyl (C=O) groups excluding carboxylic acids is 1. The van der Waals surface area contributed by atoms with E-state index in [0.717, 1.165) is 82.9 Å². The quantitative estimate of drug-likeness (QED) is 0.636. The minimum atomic E-state index is 0.0833. The van der Waals surface area contributed by atoms with Gasteiger partial charge in [-0.15, -0.1) is 0 Å². The molecule has 2 saturated heterocycles. The summed E-state index contributed by atoms with van der Waals surface area (Å²) in [6.07, 6.45) is 6.70. The van der Waals surface area contributed by atoms with Gasteiger partial charge in [-0.2, -0.15) is 0 Å². The van der Waals surface area contributed by atoms with Gasteiger partial charge in [-0.05, 0) is 92.7 Å². The third-order valence-electron chi connectivity index (χ3n) is 8.07. The molecule has 36 heavy (non-hydrogen) atoms. The topological polar surface area (TPSA) is 48.1 Å². The van der Waals surface area contributed by atoms with Gasteiger partial charge in [0.2, 0.25) is 5.91 Å². The number of ether oxygens (including phenoxy) is 1. The monoisotopic (exact) mass is 488 g/mol. The summed E-state index contributed by atoms with van der Waals surface area (Å²) in [6.45, 7) is 8.09. The highest BCUT2D eigenvalue weighted by atomic mass is 16.5. The molecule has 6 nitrogen and oxygen atoms in total. The van der Waals surface area contributed by atoms with Crippen LogP contribution < -0.4 is 10.1 Å². The normalized spacial score (nSPS) is 20.0. The van der Waals surface area contributed by atoms with Crippen molar-refractivity contribution < 1.29 is 9.53 Å². The lowest BCUT2D eigenvalue weighted by molar-refractivity contribution is -0.117. The smallest absolute Gasteiger partial charge is 0.238 e. The first-order valence-electron chi connectivity index (χ1n) is 13.4. The van der Waals surface area contributed by atoms with E-state index in [9.17, 15) is 4.79 Å². The zero-order chi connectivity index (χ0) is 24.9. The SMILES string of the molecule is COc1ccc(C2CCN(CC(=O)Nc3ccc4c(c3)CCC(CN3CCN(C)CC3)=C4)CC2)cc1. The van der Waals surface area contributed by atoms with E-state index in [2.05, 4.69) is 63.5 Å². The number of piperazine rings is 1. The van der Waals surface area contributed by atoms with E-state index in [1.54, 1.807) is 7.11 Å². The molecule has 0 bridgehead atoms. The van der Waals surface area contributed by atoms with Crippen molar-refractivity contribution in [1.82, 2.24) is 14.7 Å². The number of nitrogens with one attached hydrogen (secondary N) is 1. The van der Waals surface area contributed by atoms with Gasteiger partial charge in [0.15, 0.2) is 0 Å². The van der Waals surface area contributed by atoms with Crippen LogP contribution in [0.2, 0.25) is 0 Å². The fraction of sp³-hybridized carbons (Fsp3) is 0.500. The van der Waals surface area contributed by atoms with Crippen LogP contribution >= 0.6 is 0 Å². The second-order valence-electron chi connectivity index (χ2n) is 10.7. The van der Waals surface area contributed by atoms with Crippen LogP contribution in [-0.4, -0.2) is 87.1 Å². The number of piperidine rings is 1. The van der Waals surface area contributed by atoms with Crippen LogP contribution in [-0.2, 0) is 11.2 Å². The number of likely N-dealkylation sites (tertiary alicyclic amines) is 1. The van der Waals surface area contributed by atoms with Gasteiger partial charge in [0, 0.05) is 38.4 Å². The van der Waals surface area contributed by atoms with E-state index >= 15 is 0 Å². The average molecular weight is 489 g/mol. The molecule has 2 heterocycles. The number of amides is 1. The Bertz CT molecular complexity index is 1060. The Hall–Kier alpha value is -2.67. The number of nitrogens with zero attached hydrogens (tertiary/aromatic N) is 3. The minimum absolute atomic E-state index is 0.0833. The molecule has 2 aliphatic heterocycles. The molecule has 0 unspecified atom stereocenters. The van der Waals surface area contributed by atoms with Crippen molar-refractivity contribution in [2.45, 2.75) is 31.6 Å². The number of methoxy groups -OCH3 is 1. The van der Waals surface area contributed by atoms with Gasteiger partial charge >= 0.3 is 0 Å². The van der Waals surface area contributed by atoms with Gasteiger partial charge in [0.05, 0.1) is 13.7 Å². The van der Waals surface area contributed by atoms with E-state index in [0.29, 0.717) is 12.5 Å². The number of likely N-dealkylation sites (N-methyl/N-ethyl adjacent to an activating group) is 1. The molecule has 0 radical (unpaired) electrons. The maximum absolute atomic E-state index is 12.8. The highest BCUT2D eigenvalue weighted by Gasteiger charge is 2.22. The van der Waals surface area contributed by atoms with Crippen LogP contribution in [0.3, 0.4) is 0 Å². The zero-order valence-corrected chi connectivity index (χ0v) is 21.8. The highest BCUT2D eigenvalue weighted by Crippen LogP contribution is 2.30. The fourth-order valence-corrected chi connectivity index (χ4v) is 5.75. The molecule has 2 aromatic carbocycles. The van der Waals surface area contributed by atoms with Crippen molar-refractivity contribution in [3.8, 4) is 5.75 Å². The average Bonchev–Trinajstić information content (AvgIpc) is 2.90. The molecule has 192 valence electrons. The van der Waals surface area contributed by atoms with Gasteiger partial charge in [-0.3, -0.25) is 14.6 Å². The number of carbonyl (C=O) groups is 1. The molecule has 6 heteroatoms. The summed E-state index contributed by atoms with van der Waals surface area (Å²) in [6, 6.07) is 14.8. The molecule has 1 N–H and O–H groups in total. The molecular weight excluding hydrogens is 448 g/mol. The highest BCUT2D eigenvalue weighted by molar-refractivity contribution is 5.92. The van der Waals surface area contributed by atoms with Crippen molar-refractivity contribution in [2.75, 3.05) is 71.8 Å². The molecule has 0 spiro atoms. The molecule has 1 amide bonds. The first kappa shape index (κ1) is 25.0. The molecule has 0 atom stereocenters. The second-order valence-corrected chi connectivity index (χ2v) is 10.7. The summed E-state index contributed by atoms with van der Waals surface area (Å²) < 4.78 is 5.27. The number of rotatable bonds is 7. The number of anilines is 1. The predicted molar refractivity (Wildman–Crippen MR) is 147 cm³/mol. The van der Waals surface area contributed by atoms with Crippen LogP contribution in [0.4, 0.5) is 5.69 Å². The number of benzene rings is 2. The van der Waals surface area contributed by atoms with Crippen molar-refractivity contribution in [2.24, 2.45) is 0 Å². The van der Waals surface area contributed by atoms with E-state index in [1.807, 2.05) is 12.1 Å². The zero-order valence-electron chi connectivity index (χ0n) is 21.8. The Morgan fingerprint density at radius 1 is 0.944 bits per heavy atom. The largest absolute Gasteiger partial charge is 0.497 e. The standard InChI is InChI=1S/C30H40N4O2/c1-32-15-17-34(18-16-32)21-23-3-4-27-20-28(8-5-26(27)19-23)31-30(35)22-33-13-11-25(12-14-33)24-6-9-29(36-2)10-7-24/h5-10,19-20,25H,3-4,11-18,21-22H2,1-2H3,(H,31,35). The van der Waals surface area contributed by atoms with Crippen molar-refractivity contribution in [1.29, 1.82) is 0 Å².